The number of nitrogens with zero attached hydrogens (tertiary/aromatic N) is 5. The Kier molecular flexibility index (Phi) is 6.21. The molecule has 1 N–H and O–H groups in total. The first-order chi connectivity index (χ1) is 16.9. The minimum atomic E-state index is -2.93. The van der Waals surface area contributed by atoms with Gasteiger partial charge >= 0.3 is 6.61 Å². The van der Waals surface area contributed by atoms with Crippen LogP contribution in [0.25, 0.3) is 22.0 Å². The van der Waals surface area contributed by atoms with Gasteiger partial charge in [0, 0.05) is 56.7 Å². The summed E-state index contributed by atoms with van der Waals surface area (Å²) in [6.45, 7) is 2.66. The van der Waals surface area contributed by atoms with Crippen LogP contribution in [0.3, 0.4) is 0 Å². The lowest BCUT2D eigenvalue weighted by Crippen LogP contribution is -2.44. The maximum atomic E-state index is 13.0. The normalized spacial score (nSPS) is 14.1. The fraction of sp³-hybridized carbons (Fsp3) is 0.320. The predicted molar refractivity (Wildman–Crippen MR) is 130 cm³/mol. The van der Waals surface area contributed by atoms with Crippen molar-refractivity contribution >= 4 is 16.9 Å². The van der Waals surface area contributed by atoms with Crippen LogP contribution in [0.5, 0.6) is 5.75 Å². The van der Waals surface area contributed by atoms with Gasteiger partial charge in [-0.05, 0) is 30.7 Å². The second-order valence-corrected chi connectivity index (χ2v) is 8.62. The third-order valence-electron chi connectivity index (χ3n) is 6.29. The molecular weight excluding hydrogens is 454 g/mol. The van der Waals surface area contributed by atoms with Crippen molar-refractivity contribution in [1.29, 1.82) is 0 Å². The third kappa shape index (κ3) is 4.61. The van der Waals surface area contributed by atoms with Gasteiger partial charge in [0.25, 0.3) is 5.56 Å². The number of nitrogens with one attached hydrogen (secondary N) is 1. The number of benzene rings is 2. The SMILES string of the molecule is Cc1ccc(OC(F)F)c(Cn2c3cc(-c4cnc(N5CCNCC5)nc4)ccc3c(=O)n2C)c1. The van der Waals surface area contributed by atoms with Gasteiger partial charge in [0.2, 0.25) is 5.95 Å². The van der Waals surface area contributed by atoms with Gasteiger partial charge < -0.3 is 15.0 Å². The van der Waals surface area contributed by atoms with E-state index in [0.717, 1.165) is 42.9 Å². The lowest BCUT2D eigenvalue weighted by molar-refractivity contribution is -0.0505. The van der Waals surface area contributed by atoms with Crippen molar-refractivity contribution in [2.75, 3.05) is 31.1 Å². The van der Waals surface area contributed by atoms with E-state index in [1.54, 1.807) is 42.3 Å². The number of rotatable bonds is 6. The van der Waals surface area contributed by atoms with E-state index in [1.807, 2.05) is 19.1 Å². The van der Waals surface area contributed by atoms with Crippen LogP contribution in [0, 0.1) is 6.92 Å². The molecule has 1 aliphatic heterocycles. The molecule has 0 amide bonds. The fourth-order valence-corrected chi connectivity index (χ4v) is 4.44. The smallest absolute Gasteiger partial charge is 0.387 e. The van der Waals surface area contributed by atoms with Gasteiger partial charge in [-0.1, -0.05) is 23.8 Å². The first-order valence-corrected chi connectivity index (χ1v) is 11.4. The van der Waals surface area contributed by atoms with Crippen LogP contribution >= 0.6 is 0 Å². The van der Waals surface area contributed by atoms with E-state index < -0.39 is 6.61 Å². The van der Waals surface area contributed by atoms with Gasteiger partial charge in [0.1, 0.15) is 5.75 Å². The molecule has 3 heterocycles. The average Bonchev–Trinajstić information content (AvgIpc) is 3.10. The van der Waals surface area contributed by atoms with E-state index in [4.69, 9.17) is 4.74 Å². The highest BCUT2D eigenvalue weighted by atomic mass is 19.3. The standard InChI is InChI=1S/C25H26F2N6O2/c1-16-3-6-22(35-24(26)27)18(11-16)15-33-21-12-17(4-5-20(21)23(34)31(33)2)19-13-29-25(30-14-19)32-9-7-28-8-10-32/h3-6,11-14,24,28H,7-10,15H2,1-2H3. The Labute approximate surface area is 200 Å². The first kappa shape index (κ1) is 23.0. The highest BCUT2D eigenvalue weighted by molar-refractivity contribution is 5.84. The van der Waals surface area contributed by atoms with Gasteiger partial charge in [-0.25, -0.2) is 9.97 Å². The molecular formula is C25H26F2N6O2. The van der Waals surface area contributed by atoms with Crippen molar-refractivity contribution in [3.63, 3.8) is 0 Å². The number of anilines is 1. The molecule has 8 nitrogen and oxygen atoms in total. The van der Waals surface area contributed by atoms with Crippen LogP contribution in [-0.4, -0.2) is 52.1 Å². The van der Waals surface area contributed by atoms with Crippen molar-refractivity contribution in [2.24, 2.45) is 7.05 Å². The molecule has 1 fully saturated rings. The van der Waals surface area contributed by atoms with Crippen molar-refractivity contribution in [3.8, 4) is 16.9 Å². The van der Waals surface area contributed by atoms with Gasteiger partial charge in [0.15, 0.2) is 0 Å². The van der Waals surface area contributed by atoms with Crippen LogP contribution in [-0.2, 0) is 13.6 Å². The molecule has 10 heteroatoms. The molecule has 2 aromatic carbocycles. The average molecular weight is 481 g/mol. The molecule has 0 saturated carbocycles. The molecule has 0 bridgehead atoms. The number of fused-ring (bicyclic) bond motifs is 1. The van der Waals surface area contributed by atoms with E-state index in [2.05, 4.69) is 20.2 Å². The summed E-state index contributed by atoms with van der Waals surface area (Å²) < 4.78 is 33.9. The molecule has 0 unspecified atom stereocenters. The number of ether oxygens (including phenoxy) is 1. The largest absolute Gasteiger partial charge is 0.434 e. The van der Waals surface area contributed by atoms with Gasteiger partial charge in [-0.15, -0.1) is 0 Å². The Hall–Kier alpha value is -3.79. The first-order valence-electron chi connectivity index (χ1n) is 11.4. The minimum absolute atomic E-state index is 0.0907. The van der Waals surface area contributed by atoms with E-state index in [9.17, 15) is 13.6 Å². The monoisotopic (exact) mass is 480 g/mol. The van der Waals surface area contributed by atoms with Crippen LogP contribution in [0.4, 0.5) is 14.7 Å². The third-order valence-corrected chi connectivity index (χ3v) is 6.29. The van der Waals surface area contributed by atoms with Gasteiger partial charge in [0.05, 0.1) is 17.4 Å². The van der Waals surface area contributed by atoms with Crippen molar-refractivity contribution in [3.05, 3.63) is 70.3 Å². The highest BCUT2D eigenvalue weighted by Crippen LogP contribution is 2.27. The van der Waals surface area contributed by atoms with Crippen LogP contribution in [0.2, 0.25) is 0 Å². The van der Waals surface area contributed by atoms with E-state index >= 15 is 0 Å². The summed E-state index contributed by atoms with van der Waals surface area (Å²) in [4.78, 5) is 24.1. The molecule has 0 spiro atoms. The Morgan fingerprint density at radius 3 is 2.51 bits per heavy atom. The summed E-state index contributed by atoms with van der Waals surface area (Å²) in [5.41, 5.74) is 3.67. The zero-order valence-electron chi connectivity index (χ0n) is 19.5. The summed E-state index contributed by atoms with van der Waals surface area (Å²) in [5, 5.41) is 3.85. The van der Waals surface area contributed by atoms with Crippen molar-refractivity contribution < 1.29 is 13.5 Å². The summed E-state index contributed by atoms with van der Waals surface area (Å²) in [6.07, 6.45) is 3.57. The lowest BCUT2D eigenvalue weighted by Gasteiger charge is -2.27. The fourth-order valence-electron chi connectivity index (χ4n) is 4.44. The van der Waals surface area contributed by atoms with Crippen LogP contribution in [0.1, 0.15) is 11.1 Å². The number of hydrogen-bond acceptors (Lipinski definition) is 6. The predicted octanol–water partition coefficient (Wildman–Crippen LogP) is 3.16. The molecule has 5 rings (SSSR count). The van der Waals surface area contributed by atoms with E-state index in [0.29, 0.717) is 22.4 Å². The number of alkyl halides is 2. The summed E-state index contributed by atoms with van der Waals surface area (Å²) in [7, 11) is 1.66. The molecule has 1 saturated heterocycles. The van der Waals surface area contributed by atoms with Crippen LogP contribution in [0.15, 0.2) is 53.6 Å². The van der Waals surface area contributed by atoms with Crippen molar-refractivity contribution in [1.82, 2.24) is 24.6 Å². The number of aryl methyl sites for hydroxylation is 1. The number of hydrogen-bond donors (Lipinski definition) is 1. The lowest BCUT2D eigenvalue weighted by atomic mass is 10.1. The molecule has 182 valence electrons. The molecule has 4 aromatic rings. The number of halogens is 2. The number of piperazine rings is 1. The Bertz CT molecular complexity index is 1410. The second-order valence-electron chi connectivity index (χ2n) is 8.62. The van der Waals surface area contributed by atoms with E-state index in [-0.39, 0.29) is 17.9 Å². The van der Waals surface area contributed by atoms with Gasteiger partial charge in [-0.2, -0.15) is 8.78 Å². The maximum absolute atomic E-state index is 13.0. The highest BCUT2D eigenvalue weighted by Gasteiger charge is 2.17. The molecule has 35 heavy (non-hydrogen) atoms. The molecule has 0 radical (unpaired) electrons. The van der Waals surface area contributed by atoms with E-state index in [1.165, 1.54) is 10.7 Å². The van der Waals surface area contributed by atoms with Crippen LogP contribution < -0.4 is 20.5 Å². The topological polar surface area (TPSA) is 77.2 Å². The quantitative estimate of drug-likeness (QED) is 0.457. The zero-order valence-corrected chi connectivity index (χ0v) is 19.5. The summed E-state index contributed by atoms with van der Waals surface area (Å²) >= 11 is 0. The van der Waals surface area contributed by atoms with Crippen molar-refractivity contribution in [2.45, 2.75) is 20.1 Å². The minimum Gasteiger partial charge on any atom is -0.434 e. The second kappa shape index (κ2) is 9.46. The van der Waals surface area contributed by atoms with Gasteiger partial charge in [-0.3, -0.25) is 14.2 Å². The number of aromatic nitrogens is 4. The zero-order chi connectivity index (χ0) is 24.5. The molecule has 0 aliphatic carbocycles. The Balaban J connectivity index is 1.52. The summed E-state index contributed by atoms with van der Waals surface area (Å²) in [6, 6.07) is 10.6. The molecule has 0 atom stereocenters. The summed E-state index contributed by atoms with van der Waals surface area (Å²) in [5.74, 6) is 0.784. The maximum Gasteiger partial charge on any atom is 0.387 e. The molecule has 1 aliphatic rings. The Morgan fingerprint density at radius 1 is 1.06 bits per heavy atom. The molecule has 2 aromatic heterocycles. The Morgan fingerprint density at radius 2 is 1.80 bits per heavy atom.